The van der Waals surface area contributed by atoms with Crippen LogP contribution in [0.2, 0.25) is 5.02 Å². The highest BCUT2D eigenvalue weighted by Gasteiger charge is 2.59. The van der Waals surface area contributed by atoms with Crippen molar-refractivity contribution in [3.63, 3.8) is 0 Å². The Balaban J connectivity index is 1.11. The number of benzene rings is 1. The third-order valence-electron chi connectivity index (χ3n) is 9.43. The molecule has 6 nitrogen and oxygen atoms in total. The summed E-state index contributed by atoms with van der Waals surface area (Å²) in [6, 6.07) is 5.61. The van der Waals surface area contributed by atoms with Crippen LogP contribution in [0.5, 0.6) is 0 Å². The quantitative estimate of drug-likeness (QED) is 0.567. The summed E-state index contributed by atoms with van der Waals surface area (Å²) in [6.07, 6.45) is 0.0843. The van der Waals surface area contributed by atoms with E-state index >= 15 is 0 Å². The molecule has 0 N–H and O–H groups in total. The number of hydrogen-bond acceptors (Lipinski definition) is 4. The Morgan fingerprint density at radius 3 is 2.50 bits per heavy atom. The molecule has 10 heteroatoms. The molecule has 4 fully saturated rings. The number of rotatable bonds is 3. The van der Waals surface area contributed by atoms with Crippen molar-refractivity contribution in [3.8, 4) is 5.69 Å². The van der Waals surface area contributed by atoms with Crippen LogP contribution in [-0.4, -0.2) is 55.8 Å². The van der Waals surface area contributed by atoms with Gasteiger partial charge in [-0.05, 0) is 62.3 Å². The van der Waals surface area contributed by atoms with Crippen molar-refractivity contribution in [1.29, 1.82) is 0 Å². The van der Waals surface area contributed by atoms with E-state index in [1.807, 2.05) is 23.1 Å². The number of nitrogens with zero attached hydrogens (tertiary/aromatic N) is 5. The molecule has 7 rings (SSSR count). The average Bonchev–Trinajstić information content (AvgIpc) is 3.37. The fraction of sp³-hybridized carbons (Fsp3) is 0.654. The van der Waals surface area contributed by atoms with Gasteiger partial charge in [0.1, 0.15) is 5.82 Å². The molecule has 2 aliphatic heterocycles. The lowest BCUT2D eigenvalue weighted by Crippen LogP contribution is -2.64. The van der Waals surface area contributed by atoms with E-state index in [9.17, 15) is 18.0 Å². The minimum Gasteiger partial charge on any atom is -0.341 e. The van der Waals surface area contributed by atoms with Gasteiger partial charge in [0.15, 0.2) is 5.82 Å². The van der Waals surface area contributed by atoms with E-state index in [4.69, 9.17) is 11.6 Å². The smallest absolute Gasteiger partial charge is 0.341 e. The number of halogens is 4. The summed E-state index contributed by atoms with van der Waals surface area (Å²) in [5.74, 6) is 1.04. The van der Waals surface area contributed by atoms with Crippen LogP contribution in [-0.2, 0) is 17.9 Å². The van der Waals surface area contributed by atoms with Gasteiger partial charge in [-0.2, -0.15) is 13.2 Å². The number of aromatic nitrogens is 3. The van der Waals surface area contributed by atoms with Crippen LogP contribution in [0.4, 0.5) is 13.2 Å². The van der Waals surface area contributed by atoms with E-state index in [0.29, 0.717) is 24.0 Å². The Morgan fingerprint density at radius 2 is 1.83 bits per heavy atom. The highest BCUT2D eigenvalue weighted by atomic mass is 35.5. The first-order valence-corrected chi connectivity index (χ1v) is 13.2. The molecule has 192 valence electrons. The molecule has 2 aromatic rings. The standard InChI is InChI=1S/C26H29ClF3N5O/c1-24(4-5-24)23(36)34-13-25(14-34)9-16(10-25)22-32-31-21-12-33(19-7-17(8-19)26(28,29)30)11-15-6-18(27)2-3-20(15)35(21)22/h2-3,6,16-17,19H,4-5,7-14H2,1H3. The van der Waals surface area contributed by atoms with Gasteiger partial charge in [-0.3, -0.25) is 14.3 Å². The van der Waals surface area contributed by atoms with Crippen molar-refractivity contribution < 1.29 is 18.0 Å². The first-order valence-electron chi connectivity index (χ1n) is 12.9. The highest BCUT2D eigenvalue weighted by molar-refractivity contribution is 6.30. The van der Waals surface area contributed by atoms with E-state index in [1.165, 1.54) is 0 Å². The third kappa shape index (κ3) is 3.52. The molecular weight excluding hydrogens is 491 g/mol. The minimum atomic E-state index is -4.13. The predicted octanol–water partition coefficient (Wildman–Crippen LogP) is 5.08. The molecule has 1 aromatic heterocycles. The van der Waals surface area contributed by atoms with Gasteiger partial charge in [0, 0.05) is 47.4 Å². The van der Waals surface area contributed by atoms with Gasteiger partial charge in [0.05, 0.1) is 18.2 Å². The number of carbonyl (C=O) groups excluding carboxylic acids is 1. The molecule has 3 saturated carbocycles. The zero-order valence-corrected chi connectivity index (χ0v) is 20.9. The van der Waals surface area contributed by atoms with Gasteiger partial charge in [-0.15, -0.1) is 10.2 Å². The fourth-order valence-corrected chi connectivity index (χ4v) is 7.04. The SMILES string of the molecule is CC1(C(=O)N2CC3(CC(c4nnc5n4-c4ccc(Cl)cc4CN(C4CC(C(F)(F)F)C4)C5)C3)C2)CC1. The second-order valence-electron chi connectivity index (χ2n) is 12.2. The van der Waals surface area contributed by atoms with Gasteiger partial charge in [0.25, 0.3) is 0 Å². The summed E-state index contributed by atoms with van der Waals surface area (Å²) in [5, 5.41) is 9.73. The maximum absolute atomic E-state index is 13.1. The lowest BCUT2D eigenvalue weighted by molar-refractivity contribution is -0.207. The summed E-state index contributed by atoms with van der Waals surface area (Å²) >= 11 is 6.33. The molecule has 5 aliphatic rings. The maximum Gasteiger partial charge on any atom is 0.391 e. The van der Waals surface area contributed by atoms with Gasteiger partial charge in [-0.25, -0.2) is 0 Å². The Morgan fingerprint density at radius 1 is 1.11 bits per heavy atom. The van der Waals surface area contributed by atoms with Crippen molar-refractivity contribution in [1.82, 2.24) is 24.6 Å². The van der Waals surface area contributed by atoms with E-state index in [0.717, 1.165) is 61.7 Å². The highest BCUT2D eigenvalue weighted by Crippen LogP contribution is 2.58. The minimum absolute atomic E-state index is 0.119. The van der Waals surface area contributed by atoms with Crippen LogP contribution in [0.15, 0.2) is 18.2 Å². The molecule has 0 bridgehead atoms. The van der Waals surface area contributed by atoms with E-state index < -0.39 is 12.1 Å². The second-order valence-corrected chi connectivity index (χ2v) is 12.6. The van der Waals surface area contributed by atoms with Crippen molar-refractivity contribution in [3.05, 3.63) is 40.4 Å². The second kappa shape index (κ2) is 7.47. The van der Waals surface area contributed by atoms with Crippen LogP contribution in [0.3, 0.4) is 0 Å². The Bertz CT molecular complexity index is 1230. The van der Waals surface area contributed by atoms with Gasteiger partial charge < -0.3 is 4.90 Å². The van der Waals surface area contributed by atoms with Gasteiger partial charge in [0.2, 0.25) is 5.91 Å². The molecule has 0 radical (unpaired) electrons. The number of alkyl halides is 3. The lowest BCUT2D eigenvalue weighted by Gasteiger charge is -2.59. The zero-order chi connectivity index (χ0) is 25.0. The van der Waals surface area contributed by atoms with E-state index in [1.54, 1.807) is 0 Å². The topological polar surface area (TPSA) is 54.3 Å². The molecule has 36 heavy (non-hydrogen) atoms. The van der Waals surface area contributed by atoms with Crippen molar-refractivity contribution >= 4 is 17.5 Å². The summed E-state index contributed by atoms with van der Waals surface area (Å²) in [5.41, 5.74) is 2.03. The van der Waals surface area contributed by atoms with Gasteiger partial charge >= 0.3 is 6.18 Å². The monoisotopic (exact) mass is 519 g/mol. The Labute approximate surface area is 212 Å². The summed E-state index contributed by atoms with van der Waals surface area (Å²) in [6.45, 7) is 4.74. The van der Waals surface area contributed by atoms with E-state index in [2.05, 4.69) is 26.6 Å². The number of fused-ring (bicyclic) bond motifs is 3. The number of carbonyl (C=O) groups is 1. The first kappa shape index (κ1) is 23.0. The Kier molecular flexibility index (Phi) is 4.77. The largest absolute Gasteiger partial charge is 0.391 e. The molecule has 3 heterocycles. The molecule has 0 unspecified atom stereocenters. The molecule has 1 spiro atoms. The number of amides is 1. The van der Waals surface area contributed by atoms with Crippen LogP contribution in [0.25, 0.3) is 5.69 Å². The molecule has 1 amide bonds. The van der Waals surface area contributed by atoms with Crippen molar-refractivity contribution in [2.45, 2.75) is 76.7 Å². The first-order chi connectivity index (χ1) is 17.0. The van der Waals surface area contributed by atoms with Crippen LogP contribution in [0, 0.1) is 16.7 Å². The van der Waals surface area contributed by atoms with Crippen molar-refractivity contribution in [2.75, 3.05) is 13.1 Å². The molecule has 1 saturated heterocycles. The van der Waals surface area contributed by atoms with Gasteiger partial charge in [-0.1, -0.05) is 18.5 Å². The summed E-state index contributed by atoms with van der Waals surface area (Å²) in [4.78, 5) is 16.8. The third-order valence-corrected chi connectivity index (χ3v) is 9.66. The molecule has 1 aromatic carbocycles. The summed E-state index contributed by atoms with van der Waals surface area (Å²) < 4.78 is 41.5. The molecular formula is C26H29ClF3N5O. The average molecular weight is 520 g/mol. The van der Waals surface area contributed by atoms with Crippen LogP contribution in [0.1, 0.15) is 68.6 Å². The van der Waals surface area contributed by atoms with Crippen molar-refractivity contribution in [2.24, 2.45) is 16.7 Å². The Hall–Kier alpha value is -2.13. The maximum atomic E-state index is 13.1. The number of hydrogen-bond donors (Lipinski definition) is 0. The summed E-state index contributed by atoms with van der Waals surface area (Å²) in [7, 11) is 0. The van der Waals surface area contributed by atoms with E-state index in [-0.39, 0.29) is 35.6 Å². The zero-order valence-electron chi connectivity index (χ0n) is 20.2. The predicted molar refractivity (Wildman–Crippen MR) is 127 cm³/mol. The molecule has 3 aliphatic carbocycles. The van der Waals surface area contributed by atoms with Crippen LogP contribution >= 0.6 is 11.6 Å². The van der Waals surface area contributed by atoms with Crippen LogP contribution < -0.4 is 0 Å². The lowest BCUT2D eigenvalue weighted by atomic mass is 9.57. The number of likely N-dealkylation sites (tertiary alicyclic amines) is 1. The molecule has 0 atom stereocenters. The normalized spacial score (nSPS) is 28.4. The fourth-order valence-electron chi connectivity index (χ4n) is 6.84.